The molecular formula is C32H27NO2. The third kappa shape index (κ3) is 4.86. The molecule has 0 bridgehead atoms. The molecule has 3 heteroatoms. The second-order valence-electron chi connectivity index (χ2n) is 8.64. The van der Waals surface area contributed by atoms with Gasteiger partial charge in [0.1, 0.15) is 11.9 Å². The van der Waals surface area contributed by atoms with Crippen LogP contribution in [0.2, 0.25) is 0 Å². The third-order valence-corrected chi connectivity index (χ3v) is 6.45. The summed E-state index contributed by atoms with van der Waals surface area (Å²) in [6.07, 6.45) is 0.864. The predicted octanol–water partition coefficient (Wildman–Crippen LogP) is 6.90. The quantitative estimate of drug-likeness (QED) is 0.261. The summed E-state index contributed by atoms with van der Waals surface area (Å²) in [5.41, 5.74) is 3.58. The van der Waals surface area contributed by atoms with Crippen LogP contribution in [-0.2, 0) is 0 Å². The van der Waals surface area contributed by atoms with Crippen molar-refractivity contribution in [3.05, 3.63) is 150 Å². The van der Waals surface area contributed by atoms with Gasteiger partial charge in [-0.3, -0.25) is 4.99 Å². The molecule has 0 aliphatic rings. The van der Waals surface area contributed by atoms with Crippen LogP contribution in [0.1, 0.15) is 34.3 Å². The minimum Gasteiger partial charge on any atom is -0.507 e. The number of aliphatic hydroxyl groups is 1. The summed E-state index contributed by atoms with van der Waals surface area (Å²) < 4.78 is 0. The SMILES string of the molecule is Oc1ccc2ccccc2c1C=NC(C(c1ccccc1)c1ccccc1)[C@@H](O)c1ccccc1. The number of nitrogens with zero attached hydrogens (tertiary/aromatic N) is 1. The van der Waals surface area contributed by atoms with Crippen molar-refractivity contribution in [3.8, 4) is 5.75 Å². The third-order valence-electron chi connectivity index (χ3n) is 6.45. The molecule has 1 unspecified atom stereocenters. The van der Waals surface area contributed by atoms with Crippen LogP contribution in [-0.4, -0.2) is 22.5 Å². The van der Waals surface area contributed by atoms with Crippen LogP contribution >= 0.6 is 0 Å². The zero-order valence-corrected chi connectivity index (χ0v) is 19.3. The van der Waals surface area contributed by atoms with E-state index in [-0.39, 0.29) is 11.7 Å². The van der Waals surface area contributed by atoms with Gasteiger partial charge in [-0.25, -0.2) is 0 Å². The van der Waals surface area contributed by atoms with E-state index in [1.54, 1.807) is 12.3 Å². The summed E-state index contributed by atoms with van der Waals surface area (Å²) in [6.45, 7) is 0. The smallest absolute Gasteiger partial charge is 0.124 e. The standard InChI is InChI=1S/C32H27NO2/c34-29-21-20-23-12-10-11-19-27(23)28(29)22-33-31(32(35)26-17-8-3-9-18-26)30(24-13-4-1-5-14-24)25-15-6-2-7-16-25/h1-22,30-32,34-35H/t31?,32-/m0/s1. The van der Waals surface area contributed by atoms with Gasteiger partial charge in [0.2, 0.25) is 0 Å². The van der Waals surface area contributed by atoms with Crippen molar-refractivity contribution in [2.24, 2.45) is 4.99 Å². The molecule has 2 N–H and O–H groups in total. The van der Waals surface area contributed by atoms with E-state index in [0.29, 0.717) is 5.56 Å². The zero-order valence-electron chi connectivity index (χ0n) is 19.3. The van der Waals surface area contributed by atoms with Gasteiger partial charge in [-0.1, -0.05) is 121 Å². The Balaban J connectivity index is 1.67. The Kier molecular flexibility index (Phi) is 6.69. The molecule has 0 aromatic heterocycles. The lowest BCUT2D eigenvalue weighted by atomic mass is 9.81. The van der Waals surface area contributed by atoms with Crippen LogP contribution in [0, 0.1) is 0 Å². The van der Waals surface area contributed by atoms with Gasteiger partial charge in [0.25, 0.3) is 0 Å². The van der Waals surface area contributed by atoms with Crippen LogP contribution in [0.3, 0.4) is 0 Å². The van der Waals surface area contributed by atoms with E-state index in [2.05, 4.69) is 24.3 Å². The highest BCUT2D eigenvalue weighted by molar-refractivity contribution is 6.02. The Morgan fingerprint density at radius 2 is 1.09 bits per heavy atom. The minimum atomic E-state index is -0.852. The summed E-state index contributed by atoms with van der Waals surface area (Å²) in [5, 5.41) is 24.3. The normalized spacial score (nSPS) is 13.3. The molecule has 0 radical (unpaired) electrons. The summed E-state index contributed by atoms with van der Waals surface area (Å²) in [6, 6.07) is 41.0. The lowest BCUT2D eigenvalue weighted by Gasteiger charge is -2.29. The number of aliphatic hydroxyl groups excluding tert-OH is 1. The topological polar surface area (TPSA) is 52.8 Å². The predicted molar refractivity (Wildman–Crippen MR) is 143 cm³/mol. The molecule has 0 aliphatic heterocycles. The fraction of sp³-hybridized carbons (Fsp3) is 0.0938. The van der Waals surface area contributed by atoms with E-state index < -0.39 is 12.1 Å². The first-order valence-corrected chi connectivity index (χ1v) is 11.8. The van der Waals surface area contributed by atoms with Crippen LogP contribution < -0.4 is 0 Å². The summed E-state index contributed by atoms with van der Waals surface area (Å²) in [4.78, 5) is 5.00. The molecule has 0 aliphatic carbocycles. The number of phenolic OH excluding ortho intramolecular Hbond substituents is 1. The van der Waals surface area contributed by atoms with Crippen molar-refractivity contribution in [1.82, 2.24) is 0 Å². The van der Waals surface area contributed by atoms with Crippen LogP contribution in [0.15, 0.2) is 132 Å². The van der Waals surface area contributed by atoms with Crippen LogP contribution in [0.4, 0.5) is 0 Å². The molecular weight excluding hydrogens is 430 g/mol. The summed E-state index contributed by atoms with van der Waals surface area (Å²) in [7, 11) is 0. The maximum absolute atomic E-state index is 11.7. The van der Waals surface area contributed by atoms with Gasteiger partial charge >= 0.3 is 0 Å². The molecule has 0 saturated carbocycles. The highest BCUT2D eigenvalue weighted by Crippen LogP contribution is 2.37. The average Bonchev–Trinajstić information content (AvgIpc) is 2.93. The first-order chi connectivity index (χ1) is 17.2. The molecule has 0 amide bonds. The largest absolute Gasteiger partial charge is 0.507 e. The highest BCUT2D eigenvalue weighted by Gasteiger charge is 2.31. The fourth-order valence-corrected chi connectivity index (χ4v) is 4.69. The second kappa shape index (κ2) is 10.4. The van der Waals surface area contributed by atoms with Gasteiger partial charge in [0.05, 0.1) is 6.04 Å². The first-order valence-electron chi connectivity index (χ1n) is 11.8. The monoisotopic (exact) mass is 457 g/mol. The van der Waals surface area contributed by atoms with Gasteiger partial charge < -0.3 is 10.2 Å². The van der Waals surface area contributed by atoms with E-state index in [9.17, 15) is 10.2 Å². The minimum absolute atomic E-state index is 0.163. The van der Waals surface area contributed by atoms with Crippen molar-refractivity contribution in [1.29, 1.82) is 0 Å². The molecule has 2 atom stereocenters. The van der Waals surface area contributed by atoms with E-state index in [4.69, 9.17) is 4.99 Å². The van der Waals surface area contributed by atoms with Crippen molar-refractivity contribution in [3.63, 3.8) is 0 Å². The molecule has 0 saturated heterocycles. The molecule has 35 heavy (non-hydrogen) atoms. The molecule has 5 aromatic rings. The Bertz CT molecular complexity index is 1380. The second-order valence-corrected chi connectivity index (χ2v) is 8.64. The fourth-order valence-electron chi connectivity index (χ4n) is 4.69. The van der Waals surface area contributed by atoms with Gasteiger partial charge in [-0.05, 0) is 33.5 Å². The number of hydrogen-bond acceptors (Lipinski definition) is 3. The molecule has 0 spiro atoms. The van der Waals surface area contributed by atoms with Crippen molar-refractivity contribution in [2.75, 3.05) is 0 Å². The van der Waals surface area contributed by atoms with Gasteiger partial charge in [0, 0.05) is 17.7 Å². The number of fused-ring (bicyclic) bond motifs is 1. The zero-order chi connectivity index (χ0) is 24.0. The van der Waals surface area contributed by atoms with E-state index in [1.807, 2.05) is 97.1 Å². The van der Waals surface area contributed by atoms with Crippen molar-refractivity contribution < 1.29 is 10.2 Å². The van der Waals surface area contributed by atoms with Gasteiger partial charge in [-0.15, -0.1) is 0 Å². The van der Waals surface area contributed by atoms with E-state index in [0.717, 1.165) is 27.5 Å². The van der Waals surface area contributed by atoms with Crippen LogP contribution in [0.25, 0.3) is 10.8 Å². The Labute approximate surface area is 205 Å². The van der Waals surface area contributed by atoms with Gasteiger partial charge in [-0.2, -0.15) is 0 Å². The van der Waals surface area contributed by atoms with Crippen molar-refractivity contribution >= 4 is 17.0 Å². The van der Waals surface area contributed by atoms with E-state index >= 15 is 0 Å². The van der Waals surface area contributed by atoms with E-state index in [1.165, 1.54) is 0 Å². The maximum Gasteiger partial charge on any atom is 0.124 e. The number of rotatable bonds is 7. The number of hydrogen-bond donors (Lipinski definition) is 2. The number of aliphatic imine (C=N–C) groups is 1. The first kappa shape index (κ1) is 22.6. The highest BCUT2D eigenvalue weighted by atomic mass is 16.3. The Morgan fingerprint density at radius 1 is 0.571 bits per heavy atom. The number of phenols is 1. The lowest BCUT2D eigenvalue weighted by Crippen LogP contribution is -2.26. The molecule has 5 aromatic carbocycles. The Morgan fingerprint density at radius 3 is 1.69 bits per heavy atom. The summed E-state index contributed by atoms with van der Waals surface area (Å²) in [5.74, 6) is -0.0302. The molecule has 0 heterocycles. The molecule has 3 nitrogen and oxygen atoms in total. The molecule has 172 valence electrons. The lowest BCUT2D eigenvalue weighted by molar-refractivity contribution is 0.140. The van der Waals surface area contributed by atoms with Gasteiger partial charge in [0.15, 0.2) is 0 Å². The molecule has 0 fully saturated rings. The van der Waals surface area contributed by atoms with Crippen LogP contribution in [0.5, 0.6) is 5.75 Å². The molecule has 5 rings (SSSR count). The average molecular weight is 458 g/mol. The number of benzene rings is 5. The Hall–Kier alpha value is -4.21. The maximum atomic E-state index is 11.7. The van der Waals surface area contributed by atoms with Crippen molar-refractivity contribution in [2.45, 2.75) is 18.1 Å². The number of aromatic hydroxyl groups is 1. The summed E-state index contributed by atoms with van der Waals surface area (Å²) >= 11 is 0.